The number of likely N-dealkylation sites (tertiary alicyclic amines) is 1. The zero-order valence-corrected chi connectivity index (χ0v) is 13.3. The molecule has 0 bridgehead atoms. The van der Waals surface area contributed by atoms with Gasteiger partial charge in [-0.15, -0.1) is 11.3 Å². The maximum Gasteiger partial charge on any atom is 0.253 e. The molecule has 2 heterocycles. The lowest BCUT2D eigenvalue weighted by molar-refractivity contribution is 0.0713. The summed E-state index contributed by atoms with van der Waals surface area (Å²) in [4.78, 5) is 19.1. The van der Waals surface area contributed by atoms with E-state index in [9.17, 15) is 4.79 Å². The minimum absolute atomic E-state index is 0.160. The fourth-order valence-electron chi connectivity index (χ4n) is 2.85. The van der Waals surface area contributed by atoms with E-state index in [1.54, 1.807) is 11.3 Å². The van der Waals surface area contributed by atoms with E-state index in [0.29, 0.717) is 5.92 Å². The van der Waals surface area contributed by atoms with Crippen molar-refractivity contribution < 1.29 is 4.79 Å². The number of piperidine rings is 1. The number of carbonyl (C=O) groups excluding carboxylic acids is 1. The molecule has 1 fully saturated rings. The van der Waals surface area contributed by atoms with Gasteiger partial charge in [-0.3, -0.25) is 4.79 Å². The predicted molar refractivity (Wildman–Crippen MR) is 85.9 cm³/mol. The van der Waals surface area contributed by atoms with Gasteiger partial charge in [0.15, 0.2) is 0 Å². The summed E-state index contributed by atoms with van der Waals surface area (Å²) in [5.41, 5.74) is 3.04. The van der Waals surface area contributed by atoms with Gasteiger partial charge in [-0.1, -0.05) is 17.7 Å². The van der Waals surface area contributed by atoms with Gasteiger partial charge >= 0.3 is 0 Å². The van der Waals surface area contributed by atoms with Gasteiger partial charge in [0.05, 0.1) is 5.01 Å². The Kier molecular flexibility index (Phi) is 4.06. The number of hydrogen-bond donors (Lipinski definition) is 0. The predicted octanol–water partition coefficient (Wildman–Crippen LogP) is 3.78. The van der Waals surface area contributed by atoms with E-state index in [1.807, 2.05) is 43.0 Å². The molecule has 0 spiro atoms. The molecule has 0 atom stereocenters. The molecule has 21 heavy (non-hydrogen) atoms. The molecule has 0 saturated carbocycles. The van der Waals surface area contributed by atoms with Crippen LogP contribution in [-0.4, -0.2) is 28.9 Å². The van der Waals surface area contributed by atoms with Gasteiger partial charge in [0.2, 0.25) is 0 Å². The summed E-state index contributed by atoms with van der Waals surface area (Å²) < 4.78 is 0. The Morgan fingerprint density at radius 2 is 2.05 bits per heavy atom. The van der Waals surface area contributed by atoms with E-state index in [2.05, 4.69) is 10.4 Å². The SMILES string of the molecule is Cc1cccc(C(=O)N2CCC(c3nc(C)cs3)CC2)c1. The van der Waals surface area contributed by atoms with Gasteiger partial charge in [0.25, 0.3) is 5.91 Å². The number of aryl methyl sites for hydroxylation is 2. The number of rotatable bonds is 2. The Morgan fingerprint density at radius 1 is 1.29 bits per heavy atom. The highest BCUT2D eigenvalue weighted by Crippen LogP contribution is 2.30. The number of aromatic nitrogens is 1. The lowest BCUT2D eigenvalue weighted by Gasteiger charge is -2.31. The Morgan fingerprint density at radius 3 is 2.67 bits per heavy atom. The number of hydrogen-bond acceptors (Lipinski definition) is 3. The van der Waals surface area contributed by atoms with Crippen LogP contribution in [0.3, 0.4) is 0 Å². The van der Waals surface area contributed by atoms with E-state index in [4.69, 9.17) is 0 Å². The molecule has 1 aliphatic rings. The number of benzene rings is 1. The maximum atomic E-state index is 12.5. The van der Waals surface area contributed by atoms with Crippen LogP contribution < -0.4 is 0 Å². The molecule has 1 aromatic heterocycles. The standard InChI is InChI=1S/C17H20N2OS/c1-12-4-3-5-15(10-12)17(20)19-8-6-14(7-9-19)16-18-13(2)11-21-16/h3-5,10-11,14H,6-9H2,1-2H3. The van der Waals surface area contributed by atoms with E-state index in [0.717, 1.165) is 42.8 Å². The molecule has 3 nitrogen and oxygen atoms in total. The molecule has 1 aromatic carbocycles. The van der Waals surface area contributed by atoms with E-state index in [-0.39, 0.29) is 5.91 Å². The van der Waals surface area contributed by atoms with Crippen molar-refractivity contribution in [3.63, 3.8) is 0 Å². The molecule has 4 heteroatoms. The fourth-order valence-corrected chi connectivity index (χ4v) is 3.82. The van der Waals surface area contributed by atoms with Gasteiger partial charge in [0, 0.05) is 35.6 Å². The summed E-state index contributed by atoms with van der Waals surface area (Å²) in [5.74, 6) is 0.678. The van der Waals surface area contributed by atoms with Crippen LogP contribution in [0, 0.1) is 13.8 Å². The molecule has 3 rings (SSSR count). The van der Waals surface area contributed by atoms with E-state index >= 15 is 0 Å². The average molecular weight is 300 g/mol. The minimum atomic E-state index is 0.160. The quantitative estimate of drug-likeness (QED) is 0.845. The molecular weight excluding hydrogens is 280 g/mol. The van der Waals surface area contributed by atoms with Crippen molar-refractivity contribution in [1.82, 2.24) is 9.88 Å². The van der Waals surface area contributed by atoms with Crippen LogP contribution in [-0.2, 0) is 0 Å². The van der Waals surface area contributed by atoms with E-state index < -0.39 is 0 Å². The molecule has 1 aliphatic heterocycles. The van der Waals surface area contributed by atoms with Crippen molar-refractivity contribution in [3.8, 4) is 0 Å². The summed E-state index contributed by atoms with van der Waals surface area (Å²) >= 11 is 1.75. The van der Waals surface area contributed by atoms with Crippen molar-refractivity contribution in [2.45, 2.75) is 32.6 Å². The van der Waals surface area contributed by atoms with Gasteiger partial charge < -0.3 is 4.90 Å². The molecule has 110 valence electrons. The fraction of sp³-hybridized carbons (Fsp3) is 0.412. The van der Waals surface area contributed by atoms with Crippen molar-refractivity contribution in [1.29, 1.82) is 0 Å². The Balaban J connectivity index is 1.64. The molecule has 1 saturated heterocycles. The number of nitrogens with zero attached hydrogens (tertiary/aromatic N) is 2. The second-order valence-electron chi connectivity index (χ2n) is 5.76. The highest BCUT2D eigenvalue weighted by molar-refractivity contribution is 7.09. The first-order valence-corrected chi connectivity index (χ1v) is 8.29. The number of thiazole rings is 1. The summed E-state index contributed by atoms with van der Waals surface area (Å²) in [6, 6.07) is 7.85. The third kappa shape index (κ3) is 3.16. The molecular formula is C17H20N2OS. The van der Waals surface area contributed by atoms with Crippen LogP contribution in [0.5, 0.6) is 0 Å². The van der Waals surface area contributed by atoms with Crippen LogP contribution >= 0.6 is 11.3 Å². The zero-order chi connectivity index (χ0) is 14.8. The minimum Gasteiger partial charge on any atom is -0.339 e. The summed E-state index contributed by atoms with van der Waals surface area (Å²) in [6.07, 6.45) is 2.04. The van der Waals surface area contributed by atoms with Gasteiger partial charge in [0.1, 0.15) is 0 Å². The van der Waals surface area contributed by atoms with Crippen LogP contribution in [0.1, 0.15) is 45.4 Å². The smallest absolute Gasteiger partial charge is 0.253 e. The van der Waals surface area contributed by atoms with Crippen LogP contribution in [0.4, 0.5) is 0 Å². The second-order valence-corrected chi connectivity index (χ2v) is 6.65. The van der Waals surface area contributed by atoms with Crippen molar-refractivity contribution in [3.05, 3.63) is 51.5 Å². The highest BCUT2D eigenvalue weighted by Gasteiger charge is 2.26. The monoisotopic (exact) mass is 300 g/mol. The molecule has 0 radical (unpaired) electrons. The summed E-state index contributed by atoms with van der Waals surface area (Å²) in [7, 11) is 0. The molecule has 2 aromatic rings. The van der Waals surface area contributed by atoms with Crippen molar-refractivity contribution in [2.24, 2.45) is 0 Å². The topological polar surface area (TPSA) is 33.2 Å². The highest BCUT2D eigenvalue weighted by atomic mass is 32.1. The second kappa shape index (κ2) is 5.98. The Hall–Kier alpha value is -1.68. The lowest BCUT2D eigenvalue weighted by atomic mass is 9.97. The first kappa shape index (κ1) is 14.3. The number of amides is 1. The molecule has 0 N–H and O–H groups in total. The van der Waals surface area contributed by atoms with Gasteiger partial charge in [-0.25, -0.2) is 4.98 Å². The number of carbonyl (C=O) groups is 1. The maximum absolute atomic E-state index is 12.5. The largest absolute Gasteiger partial charge is 0.339 e. The summed E-state index contributed by atoms with van der Waals surface area (Å²) in [5, 5.41) is 3.34. The average Bonchev–Trinajstić information content (AvgIpc) is 2.93. The van der Waals surface area contributed by atoms with Crippen LogP contribution in [0.15, 0.2) is 29.6 Å². The first-order chi connectivity index (χ1) is 10.1. The zero-order valence-electron chi connectivity index (χ0n) is 12.5. The molecule has 0 aliphatic carbocycles. The Labute approximate surface area is 129 Å². The van der Waals surface area contributed by atoms with Crippen molar-refractivity contribution >= 4 is 17.2 Å². The van der Waals surface area contributed by atoms with Gasteiger partial charge in [-0.05, 0) is 38.8 Å². The Bertz CT molecular complexity index is 642. The normalized spacial score (nSPS) is 16.2. The van der Waals surface area contributed by atoms with Crippen molar-refractivity contribution in [2.75, 3.05) is 13.1 Å². The third-order valence-corrected chi connectivity index (χ3v) is 5.16. The third-order valence-electron chi connectivity index (χ3n) is 4.03. The summed E-state index contributed by atoms with van der Waals surface area (Å²) in [6.45, 7) is 5.72. The molecule has 1 amide bonds. The van der Waals surface area contributed by atoms with E-state index in [1.165, 1.54) is 5.01 Å². The lowest BCUT2D eigenvalue weighted by Crippen LogP contribution is -2.37. The molecule has 0 unspecified atom stereocenters. The van der Waals surface area contributed by atoms with Crippen LogP contribution in [0.2, 0.25) is 0 Å². The first-order valence-electron chi connectivity index (χ1n) is 7.41. The van der Waals surface area contributed by atoms with Crippen LogP contribution in [0.25, 0.3) is 0 Å². The van der Waals surface area contributed by atoms with Gasteiger partial charge in [-0.2, -0.15) is 0 Å².